The zero-order valence-electron chi connectivity index (χ0n) is 4.70. The molecule has 0 spiro atoms. The van der Waals surface area contributed by atoms with Gasteiger partial charge >= 0.3 is 72.0 Å². The van der Waals surface area contributed by atoms with Crippen molar-refractivity contribution in [2.75, 3.05) is 0 Å². The molecule has 0 aliphatic heterocycles. The first-order valence-electron chi connectivity index (χ1n) is 2.52. The van der Waals surface area contributed by atoms with Gasteiger partial charge in [0, 0.05) is 0 Å². The first-order valence-corrected chi connectivity index (χ1v) is 5.24. The first kappa shape index (κ1) is 7.32. The van der Waals surface area contributed by atoms with Crippen LogP contribution in [-0.2, 0) is 19.2 Å². The summed E-state index contributed by atoms with van der Waals surface area (Å²) >= 11 is 2.38. The van der Waals surface area contributed by atoms with Crippen LogP contribution in [0.25, 0.3) is 0 Å². The molecule has 0 aliphatic rings. The van der Waals surface area contributed by atoms with E-state index in [1.807, 2.05) is 25.2 Å². The van der Waals surface area contributed by atoms with Crippen molar-refractivity contribution in [2.24, 2.45) is 0 Å². The number of hydrogen-bond acceptors (Lipinski definition) is 0. The SMILES string of the molecule is [Mo+]#[C][Se]c1ccccc1. The van der Waals surface area contributed by atoms with Crippen LogP contribution in [-0.4, -0.2) is 15.0 Å². The van der Waals surface area contributed by atoms with Gasteiger partial charge in [0.1, 0.15) is 0 Å². The maximum absolute atomic E-state index is 3.16. The van der Waals surface area contributed by atoms with E-state index < -0.39 is 0 Å². The molecule has 2 heteroatoms. The van der Waals surface area contributed by atoms with E-state index in [0.717, 1.165) is 0 Å². The molecule has 1 aromatic rings. The zero-order chi connectivity index (χ0) is 6.53. The minimum atomic E-state index is 0.464. The molecular formula is C7H5MoSe+. The van der Waals surface area contributed by atoms with Gasteiger partial charge < -0.3 is 0 Å². The van der Waals surface area contributed by atoms with Gasteiger partial charge in [0.05, 0.1) is 0 Å². The molecule has 0 heterocycles. The Kier molecular flexibility index (Phi) is 3.33. The van der Waals surface area contributed by atoms with E-state index in [1.165, 1.54) is 4.46 Å². The fraction of sp³-hybridized carbons (Fsp3) is 0. The van der Waals surface area contributed by atoms with Crippen LogP contribution in [0.1, 0.15) is 0 Å². The van der Waals surface area contributed by atoms with Crippen molar-refractivity contribution in [2.45, 2.75) is 0 Å². The molecule has 0 N–H and O–H groups in total. The van der Waals surface area contributed by atoms with Gasteiger partial charge in [-0.1, -0.05) is 0 Å². The van der Waals surface area contributed by atoms with Gasteiger partial charge in [-0.3, -0.25) is 0 Å². The second-order valence-electron chi connectivity index (χ2n) is 1.50. The van der Waals surface area contributed by atoms with Gasteiger partial charge in [0.25, 0.3) is 0 Å². The molecule has 0 nitrogen and oxygen atoms in total. The number of hydrogen-bond donors (Lipinski definition) is 0. The Hall–Kier alpha value is 0.208. The maximum atomic E-state index is 3.16. The predicted octanol–water partition coefficient (Wildman–Crippen LogP) is 0.480. The van der Waals surface area contributed by atoms with E-state index in [2.05, 4.69) is 27.4 Å². The molecule has 0 unspecified atom stereocenters. The average Bonchev–Trinajstić information content (AvgIpc) is 1.91. The van der Waals surface area contributed by atoms with Gasteiger partial charge in [-0.15, -0.1) is 0 Å². The number of benzene rings is 1. The monoisotopic (exact) mass is 267 g/mol. The third kappa shape index (κ3) is 2.52. The Balaban J connectivity index is 2.76. The van der Waals surface area contributed by atoms with Crippen LogP contribution in [0.2, 0.25) is 0 Å². The summed E-state index contributed by atoms with van der Waals surface area (Å²) in [6.45, 7) is 0. The summed E-state index contributed by atoms with van der Waals surface area (Å²) < 4.78 is 4.55. The van der Waals surface area contributed by atoms with Crippen LogP contribution in [0, 0.1) is 3.10 Å². The van der Waals surface area contributed by atoms with Gasteiger partial charge in [0.2, 0.25) is 0 Å². The summed E-state index contributed by atoms with van der Waals surface area (Å²) in [5.41, 5.74) is 0. The van der Waals surface area contributed by atoms with Crippen molar-refractivity contribution < 1.29 is 19.2 Å². The Morgan fingerprint density at radius 1 is 1.22 bits per heavy atom. The Morgan fingerprint density at radius 2 is 1.89 bits per heavy atom. The minimum absolute atomic E-state index is 0.464. The molecule has 0 fully saturated rings. The molecular weight excluding hydrogens is 259 g/mol. The molecule has 0 atom stereocenters. The molecule has 1 aromatic carbocycles. The predicted molar refractivity (Wildman–Crippen MR) is 35.7 cm³/mol. The van der Waals surface area contributed by atoms with E-state index in [-0.39, 0.29) is 0 Å². The van der Waals surface area contributed by atoms with E-state index in [9.17, 15) is 0 Å². The van der Waals surface area contributed by atoms with E-state index >= 15 is 0 Å². The molecule has 0 saturated carbocycles. The van der Waals surface area contributed by atoms with Gasteiger partial charge in [-0.2, -0.15) is 0 Å². The fourth-order valence-corrected chi connectivity index (χ4v) is 2.58. The van der Waals surface area contributed by atoms with Gasteiger partial charge in [0.15, 0.2) is 0 Å². The van der Waals surface area contributed by atoms with Crippen LogP contribution in [0.4, 0.5) is 0 Å². The first-order chi connectivity index (χ1) is 4.43. The zero-order valence-corrected chi connectivity index (χ0v) is 8.42. The summed E-state index contributed by atoms with van der Waals surface area (Å²) in [6, 6.07) is 10.4. The second-order valence-corrected chi connectivity index (χ2v) is 5.39. The third-order valence-corrected chi connectivity index (χ3v) is 3.21. The van der Waals surface area contributed by atoms with Crippen molar-refractivity contribution in [1.82, 2.24) is 0 Å². The molecule has 0 bridgehead atoms. The average molecular weight is 264 g/mol. The topological polar surface area (TPSA) is 0 Å². The molecule has 0 saturated heterocycles. The van der Waals surface area contributed by atoms with Crippen molar-refractivity contribution >= 4 is 19.4 Å². The summed E-state index contributed by atoms with van der Waals surface area (Å²) in [6.07, 6.45) is 0. The van der Waals surface area contributed by atoms with Gasteiger partial charge in [-0.05, 0) is 0 Å². The second kappa shape index (κ2) is 4.09. The normalized spacial score (nSPS) is 8.33. The van der Waals surface area contributed by atoms with E-state index in [1.54, 1.807) is 0 Å². The molecule has 0 radical (unpaired) electrons. The van der Waals surface area contributed by atoms with Crippen molar-refractivity contribution in [3.8, 4) is 3.10 Å². The molecule has 9 heavy (non-hydrogen) atoms. The third-order valence-electron chi connectivity index (χ3n) is 0.903. The summed E-state index contributed by atoms with van der Waals surface area (Å²) in [5, 5.41) is 0. The molecule has 0 aromatic heterocycles. The standard InChI is InChI=1S/C7H5Se.Mo/c1-8-7-5-3-2-4-6-7;/h2-6H;/q;+1. The van der Waals surface area contributed by atoms with Crippen molar-refractivity contribution in [3.63, 3.8) is 0 Å². The summed E-state index contributed by atoms with van der Waals surface area (Å²) in [7, 11) is 0. The van der Waals surface area contributed by atoms with Crippen LogP contribution < -0.4 is 4.46 Å². The Bertz CT molecular complexity index is 212. The van der Waals surface area contributed by atoms with E-state index in [0.29, 0.717) is 15.0 Å². The van der Waals surface area contributed by atoms with Crippen LogP contribution in [0.5, 0.6) is 0 Å². The number of rotatable bonds is 1. The summed E-state index contributed by atoms with van der Waals surface area (Å²) in [5.74, 6) is 0. The van der Waals surface area contributed by atoms with E-state index in [4.69, 9.17) is 0 Å². The molecule has 0 aliphatic carbocycles. The molecule has 1 rings (SSSR count). The fourth-order valence-electron chi connectivity index (χ4n) is 0.537. The van der Waals surface area contributed by atoms with Crippen LogP contribution in [0.3, 0.4) is 0 Å². The quantitative estimate of drug-likeness (QED) is 0.647. The van der Waals surface area contributed by atoms with Crippen molar-refractivity contribution in [3.05, 3.63) is 30.3 Å². The molecule has 0 amide bonds. The Labute approximate surface area is 71.8 Å². The van der Waals surface area contributed by atoms with Crippen LogP contribution in [0.15, 0.2) is 30.3 Å². The summed E-state index contributed by atoms with van der Waals surface area (Å²) in [4.78, 5) is 0. The Morgan fingerprint density at radius 3 is 2.44 bits per heavy atom. The van der Waals surface area contributed by atoms with Crippen LogP contribution >= 0.6 is 0 Å². The van der Waals surface area contributed by atoms with Gasteiger partial charge in [-0.25, -0.2) is 0 Å². The molecule has 44 valence electrons. The van der Waals surface area contributed by atoms with Crippen molar-refractivity contribution in [1.29, 1.82) is 0 Å².